The average Bonchev–Trinajstić information content (AvgIpc) is 2.15. The molecular weight excluding hydrogens is 202 g/mol. The molecule has 0 atom stereocenters. The van der Waals surface area contributed by atoms with Crippen LogP contribution in [0.2, 0.25) is 0 Å². The fourth-order valence-corrected chi connectivity index (χ4v) is 2.00. The van der Waals surface area contributed by atoms with E-state index in [9.17, 15) is 4.79 Å². The van der Waals surface area contributed by atoms with Crippen molar-refractivity contribution in [2.45, 2.75) is 31.8 Å². The van der Waals surface area contributed by atoms with E-state index in [0.29, 0.717) is 5.56 Å². The number of carbonyl (C=O) groups is 1. The van der Waals surface area contributed by atoms with Gasteiger partial charge in [0.2, 0.25) is 0 Å². The third kappa shape index (κ3) is 2.42. The van der Waals surface area contributed by atoms with Crippen LogP contribution in [0.5, 0.6) is 0 Å². The van der Waals surface area contributed by atoms with E-state index in [1.165, 1.54) is 24.8 Å². The predicted molar refractivity (Wildman–Crippen MR) is 62.5 cm³/mol. The van der Waals surface area contributed by atoms with Crippen molar-refractivity contribution in [2.24, 2.45) is 0 Å². The summed E-state index contributed by atoms with van der Waals surface area (Å²) in [5.74, 6) is -0.862. The SMILES string of the molecule is CN(Cc1ccc(C(=O)O)cc1)C1CCC1. The minimum absolute atomic E-state index is 0.357. The first-order valence-corrected chi connectivity index (χ1v) is 5.69. The summed E-state index contributed by atoms with van der Waals surface area (Å²) in [6.07, 6.45) is 3.93. The second kappa shape index (κ2) is 4.66. The largest absolute Gasteiger partial charge is 0.478 e. The number of aromatic carboxylic acids is 1. The van der Waals surface area contributed by atoms with Gasteiger partial charge in [-0.15, -0.1) is 0 Å². The van der Waals surface area contributed by atoms with E-state index >= 15 is 0 Å². The minimum atomic E-state index is -0.862. The third-order valence-corrected chi connectivity index (χ3v) is 3.33. The van der Waals surface area contributed by atoms with Gasteiger partial charge in [-0.05, 0) is 37.6 Å². The van der Waals surface area contributed by atoms with Crippen molar-refractivity contribution >= 4 is 5.97 Å². The van der Waals surface area contributed by atoms with Gasteiger partial charge in [-0.2, -0.15) is 0 Å². The van der Waals surface area contributed by atoms with E-state index in [0.717, 1.165) is 12.6 Å². The molecule has 1 aromatic carbocycles. The molecule has 86 valence electrons. The van der Waals surface area contributed by atoms with Crippen LogP contribution in [0.1, 0.15) is 35.2 Å². The van der Waals surface area contributed by atoms with Crippen molar-refractivity contribution in [3.63, 3.8) is 0 Å². The molecule has 1 aliphatic rings. The van der Waals surface area contributed by atoms with Crippen LogP contribution in [0.4, 0.5) is 0 Å². The van der Waals surface area contributed by atoms with Crippen LogP contribution in [-0.2, 0) is 6.54 Å². The van der Waals surface area contributed by atoms with Gasteiger partial charge in [0.05, 0.1) is 5.56 Å². The second-order valence-electron chi connectivity index (χ2n) is 4.50. The molecule has 3 nitrogen and oxygen atoms in total. The summed E-state index contributed by atoms with van der Waals surface area (Å²) in [4.78, 5) is 13.0. The summed E-state index contributed by atoms with van der Waals surface area (Å²) in [6.45, 7) is 0.907. The number of carboxylic acids is 1. The van der Waals surface area contributed by atoms with Crippen molar-refractivity contribution < 1.29 is 9.90 Å². The molecule has 2 rings (SSSR count). The van der Waals surface area contributed by atoms with Crippen LogP contribution < -0.4 is 0 Å². The highest BCUT2D eigenvalue weighted by atomic mass is 16.4. The molecule has 0 amide bonds. The van der Waals surface area contributed by atoms with Gasteiger partial charge in [-0.25, -0.2) is 4.79 Å². The molecule has 0 heterocycles. The molecule has 1 saturated carbocycles. The van der Waals surface area contributed by atoms with Gasteiger partial charge in [0.15, 0.2) is 0 Å². The summed E-state index contributed by atoms with van der Waals surface area (Å²) in [7, 11) is 2.13. The Hall–Kier alpha value is -1.35. The molecule has 16 heavy (non-hydrogen) atoms. The Balaban J connectivity index is 1.96. The standard InChI is InChI=1S/C13H17NO2/c1-14(12-3-2-4-12)9-10-5-7-11(8-6-10)13(15)16/h5-8,12H,2-4,9H2,1H3,(H,15,16). The van der Waals surface area contributed by atoms with Gasteiger partial charge in [0, 0.05) is 12.6 Å². The lowest BCUT2D eigenvalue weighted by Gasteiger charge is -2.34. The molecule has 0 unspecified atom stereocenters. The number of nitrogens with zero attached hydrogens (tertiary/aromatic N) is 1. The first-order chi connectivity index (χ1) is 7.66. The Morgan fingerprint density at radius 3 is 2.44 bits per heavy atom. The molecule has 0 aromatic heterocycles. The monoisotopic (exact) mass is 219 g/mol. The van der Waals surface area contributed by atoms with E-state index < -0.39 is 5.97 Å². The Morgan fingerprint density at radius 1 is 1.38 bits per heavy atom. The normalized spacial score (nSPS) is 16.1. The first kappa shape index (κ1) is 11.1. The average molecular weight is 219 g/mol. The van der Waals surface area contributed by atoms with Crippen molar-refractivity contribution in [3.8, 4) is 0 Å². The van der Waals surface area contributed by atoms with Crippen molar-refractivity contribution in [2.75, 3.05) is 7.05 Å². The lowest BCUT2D eigenvalue weighted by Crippen LogP contribution is -2.36. The zero-order valence-electron chi connectivity index (χ0n) is 9.52. The summed E-state index contributed by atoms with van der Waals surface area (Å²) in [5.41, 5.74) is 1.54. The smallest absolute Gasteiger partial charge is 0.335 e. The van der Waals surface area contributed by atoms with Gasteiger partial charge >= 0.3 is 5.97 Å². The van der Waals surface area contributed by atoms with Gasteiger partial charge in [0.1, 0.15) is 0 Å². The van der Waals surface area contributed by atoms with Crippen LogP contribution in [0.3, 0.4) is 0 Å². The Morgan fingerprint density at radius 2 is 2.00 bits per heavy atom. The van der Waals surface area contributed by atoms with Gasteiger partial charge in [0.25, 0.3) is 0 Å². The van der Waals surface area contributed by atoms with Crippen molar-refractivity contribution in [1.29, 1.82) is 0 Å². The number of hydrogen-bond donors (Lipinski definition) is 1. The summed E-state index contributed by atoms with van der Waals surface area (Å²) >= 11 is 0. The number of benzene rings is 1. The molecule has 0 saturated heterocycles. The molecule has 0 spiro atoms. The zero-order valence-corrected chi connectivity index (χ0v) is 9.52. The molecule has 1 aromatic rings. The second-order valence-corrected chi connectivity index (χ2v) is 4.50. The lowest BCUT2D eigenvalue weighted by atomic mass is 9.91. The summed E-state index contributed by atoms with van der Waals surface area (Å²) in [6, 6.07) is 7.87. The molecular formula is C13H17NO2. The molecule has 3 heteroatoms. The van der Waals surface area contributed by atoms with Gasteiger partial charge < -0.3 is 5.11 Å². The van der Waals surface area contributed by atoms with E-state index in [-0.39, 0.29) is 0 Å². The fraction of sp³-hybridized carbons (Fsp3) is 0.462. The molecule has 1 N–H and O–H groups in total. The predicted octanol–water partition coefficient (Wildman–Crippen LogP) is 2.37. The van der Waals surface area contributed by atoms with Crippen molar-refractivity contribution in [1.82, 2.24) is 4.90 Å². The lowest BCUT2D eigenvalue weighted by molar-refractivity contribution is 0.0697. The van der Waals surface area contributed by atoms with Gasteiger partial charge in [-0.1, -0.05) is 18.6 Å². The first-order valence-electron chi connectivity index (χ1n) is 5.69. The van der Waals surface area contributed by atoms with Crippen LogP contribution >= 0.6 is 0 Å². The maximum absolute atomic E-state index is 10.7. The third-order valence-electron chi connectivity index (χ3n) is 3.33. The number of hydrogen-bond acceptors (Lipinski definition) is 2. The van der Waals surface area contributed by atoms with E-state index in [2.05, 4.69) is 11.9 Å². The van der Waals surface area contributed by atoms with Crippen LogP contribution in [0.15, 0.2) is 24.3 Å². The topological polar surface area (TPSA) is 40.5 Å². The molecule has 1 fully saturated rings. The summed E-state index contributed by atoms with van der Waals surface area (Å²) < 4.78 is 0. The molecule has 0 radical (unpaired) electrons. The Labute approximate surface area is 95.7 Å². The zero-order chi connectivity index (χ0) is 11.5. The highest BCUT2D eigenvalue weighted by Gasteiger charge is 2.21. The van der Waals surface area contributed by atoms with Crippen LogP contribution in [0, 0.1) is 0 Å². The van der Waals surface area contributed by atoms with E-state index in [1.54, 1.807) is 12.1 Å². The fourth-order valence-electron chi connectivity index (χ4n) is 2.00. The Kier molecular flexibility index (Phi) is 3.25. The molecule has 0 bridgehead atoms. The van der Waals surface area contributed by atoms with Crippen molar-refractivity contribution in [3.05, 3.63) is 35.4 Å². The maximum Gasteiger partial charge on any atom is 0.335 e. The van der Waals surface area contributed by atoms with Crippen LogP contribution in [0.25, 0.3) is 0 Å². The Bertz CT molecular complexity index is 368. The van der Waals surface area contributed by atoms with Crippen LogP contribution in [-0.4, -0.2) is 29.1 Å². The number of carboxylic acid groups (broad SMARTS) is 1. The van der Waals surface area contributed by atoms with E-state index in [1.807, 2.05) is 12.1 Å². The minimum Gasteiger partial charge on any atom is -0.478 e. The highest BCUT2D eigenvalue weighted by molar-refractivity contribution is 5.87. The number of rotatable bonds is 4. The maximum atomic E-state index is 10.7. The molecule has 1 aliphatic carbocycles. The molecule has 0 aliphatic heterocycles. The van der Waals surface area contributed by atoms with Gasteiger partial charge in [-0.3, -0.25) is 4.90 Å². The highest BCUT2D eigenvalue weighted by Crippen LogP contribution is 2.24. The quantitative estimate of drug-likeness (QED) is 0.845. The van der Waals surface area contributed by atoms with E-state index in [4.69, 9.17) is 5.11 Å². The summed E-state index contributed by atoms with van der Waals surface area (Å²) in [5, 5.41) is 8.78.